The number of aliphatic hydroxyl groups is 1. The van der Waals surface area contributed by atoms with E-state index < -0.39 is 34.7 Å². The molecule has 0 radical (unpaired) electrons. The average Bonchev–Trinajstić information content (AvgIpc) is 2.82. The molecule has 2 saturated heterocycles. The predicted molar refractivity (Wildman–Crippen MR) is 148 cm³/mol. The molecule has 0 bridgehead atoms. The zero-order valence-electron chi connectivity index (χ0n) is 23.8. The molecule has 3 unspecified atom stereocenters. The summed E-state index contributed by atoms with van der Waals surface area (Å²) in [5.41, 5.74) is -1.57. The standard InChI is InChI=1S/C29H44ClN3O5/c1-19(2)23(31-24(34)20-9-8-15-32(17-20)26(36)38-27(3,4)5)25(35)33-16-14-29(37,28(6,7)18-33)21-10-12-22(30)13-11-21/h10-13,19-20,23,37H,8-9,14-18H2,1-7H3,(H,31,34). The lowest BCUT2D eigenvalue weighted by atomic mass is 9.66. The predicted octanol–water partition coefficient (Wildman–Crippen LogP) is 4.57. The van der Waals surface area contributed by atoms with Gasteiger partial charge in [0, 0.05) is 36.6 Å². The van der Waals surface area contributed by atoms with E-state index in [1.54, 1.807) is 21.9 Å². The van der Waals surface area contributed by atoms with Crippen molar-refractivity contribution in [3.05, 3.63) is 34.9 Å². The fraction of sp³-hybridized carbons (Fsp3) is 0.690. The second-order valence-electron chi connectivity index (χ2n) is 12.8. The Morgan fingerprint density at radius 1 is 1.11 bits per heavy atom. The number of hydrogen-bond donors (Lipinski definition) is 2. The van der Waals surface area contributed by atoms with Gasteiger partial charge in [-0.15, -0.1) is 0 Å². The highest BCUT2D eigenvalue weighted by molar-refractivity contribution is 6.30. The van der Waals surface area contributed by atoms with E-state index in [2.05, 4.69) is 5.32 Å². The van der Waals surface area contributed by atoms with Crippen molar-refractivity contribution in [2.45, 2.75) is 85.0 Å². The third-order valence-corrected chi connectivity index (χ3v) is 8.01. The van der Waals surface area contributed by atoms with Crippen LogP contribution in [0, 0.1) is 17.3 Å². The summed E-state index contributed by atoms with van der Waals surface area (Å²) in [4.78, 5) is 42.9. The summed E-state index contributed by atoms with van der Waals surface area (Å²) in [5.74, 6) is -0.908. The minimum atomic E-state index is -1.11. The molecule has 3 atom stereocenters. The van der Waals surface area contributed by atoms with E-state index >= 15 is 0 Å². The van der Waals surface area contributed by atoms with E-state index in [0.717, 1.165) is 5.56 Å². The number of carbonyl (C=O) groups is 3. The quantitative estimate of drug-likeness (QED) is 0.560. The molecule has 3 amide bonds. The van der Waals surface area contributed by atoms with Crippen LogP contribution in [0.2, 0.25) is 5.02 Å². The molecule has 2 fully saturated rings. The summed E-state index contributed by atoms with van der Waals surface area (Å²) in [5, 5.41) is 15.3. The van der Waals surface area contributed by atoms with Crippen LogP contribution in [0.15, 0.2) is 24.3 Å². The monoisotopic (exact) mass is 549 g/mol. The number of likely N-dealkylation sites (tertiary alicyclic amines) is 2. The van der Waals surface area contributed by atoms with Gasteiger partial charge in [-0.2, -0.15) is 0 Å². The number of piperidine rings is 2. The molecule has 212 valence electrons. The van der Waals surface area contributed by atoms with Crippen LogP contribution in [0.25, 0.3) is 0 Å². The maximum Gasteiger partial charge on any atom is 0.410 e. The largest absolute Gasteiger partial charge is 0.444 e. The van der Waals surface area contributed by atoms with Gasteiger partial charge in [0.1, 0.15) is 11.6 Å². The van der Waals surface area contributed by atoms with Crippen molar-refractivity contribution in [1.29, 1.82) is 0 Å². The van der Waals surface area contributed by atoms with E-state index in [4.69, 9.17) is 16.3 Å². The molecule has 1 aromatic carbocycles. The minimum absolute atomic E-state index is 0.128. The molecule has 0 aliphatic carbocycles. The minimum Gasteiger partial charge on any atom is -0.444 e. The fourth-order valence-electron chi connectivity index (χ4n) is 5.44. The average molecular weight is 550 g/mol. The highest BCUT2D eigenvalue weighted by atomic mass is 35.5. The third-order valence-electron chi connectivity index (χ3n) is 7.76. The number of carbonyl (C=O) groups excluding carboxylic acids is 3. The van der Waals surface area contributed by atoms with Crippen molar-refractivity contribution in [3.8, 4) is 0 Å². The van der Waals surface area contributed by atoms with Gasteiger partial charge in [-0.1, -0.05) is 51.4 Å². The first-order valence-electron chi connectivity index (χ1n) is 13.6. The molecule has 3 rings (SSSR count). The maximum absolute atomic E-state index is 13.7. The summed E-state index contributed by atoms with van der Waals surface area (Å²) in [6.45, 7) is 14.7. The number of amides is 3. The zero-order chi connectivity index (χ0) is 28.5. The molecule has 0 saturated carbocycles. The van der Waals surface area contributed by atoms with Gasteiger partial charge in [0.05, 0.1) is 11.5 Å². The molecule has 2 N–H and O–H groups in total. The van der Waals surface area contributed by atoms with Gasteiger partial charge in [0.15, 0.2) is 0 Å². The molecule has 0 aromatic heterocycles. The molecule has 0 spiro atoms. The first-order valence-corrected chi connectivity index (χ1v) is 14.0. The normalized spacial score (nSPS) is 24.6. The van der Waals surface area contributed by atoms with E-state index in [1.807, 2.05) is 60.6 Å². The van der Waals surface area contributed by atoms with E-state index in [0.29, 0.717) is 43.9 Å². The van der Waals surface area contributed by atoms with Crippen LogP contribution in [0.4, 0.5) is 4.79 Å². The highest BCUT2D eigenvalue weighted by Gasteiger charge is 2.50. The van der Waals surface area contributed by atoms with Gasteiger partial charge in [-0.3, -0.25) is 9.59 Å². The van der Waals surface area contributed by atoms with E-state index in [1.165, 1.54) is 0 Å². The van der Waals surface area contributed by atoms with Gasteiger partial charge >= 0.3 is 6.09 Å². The van der Waals surface area contributed by atoms with Crippen molar-refractivity contribution in [1.82, 2.24) is 15.1 Å². The lowest BCUT2D eigenvalue weighted by molar-refractivity contribution is -0.157. The Hall–Kier alpha value is -2.32. The van der Waals surface area contributed by atoms with Crippen molar-refractivity contribution < 1.29 is 24.2 Å². The highest BCUT2D eigenvalue weighted by Crippen LogP contribution is 2.46. The van der Waals surface area contributed by atoms with Crippen LogP contribution in [0.1, 0.15) is 73.3 Å². The Balaban J connectivity index is 1.68. The smallest absolute Gasteiger partial charge is 0.410 e. The van der Waals surface area contributed by atoms with Gasteiger partial charge in [0.2, 0.25) is 11.8 Å². The molecule has 9 heteroatoms. The number of nitrogens with one attached hydrogen (secondary N) is 1. The fourth-order valence-corrected chi connectivity index (χ4v) is 5.56. The van der Waals surface area contributed by atoms with Crippen molar-refractivity contribution in [2.24, 2.45) is 17.3 Å². The Bertz CT molecular complexity index is 1020. The van der Waals surface area contributed by atoms with Crippen molar-refractivity contribution >= 4 is 29.5 Å². The summed E-state index contributed by atoms with van der Waals surface area (Å²) in [7, 11) is 0. The summed E-state index contributed by atoms with van der Waals surface area (Å²) < 4.78 is 5.48. The van der Waals surface area contributed by atoms with Crippen LogP contribution in [0.5, 0.6) is 0 Å². The van der Waals surface area contributed by atoms with Crippen LogP contribution < -0.4 is 5.32 Å². The number of ether oxygens (including phenoxy) is 1. The second-order valence-corrected chi connectivity index (χ2v) is 13.2. The summed E-state index contributed by atoms with van der Waals surface area (Å²) in [6.07, 6.45) is 1.30. The zero-order valence-corrected chi connectivity index (χ0v) is 24.6. The Morgan fingerprint density at radius 3 is 2.29 bits per heavy atom. The lowest BCUT2D eigenvalue weighted by Gasteiger charge is -2.51. The van der Waals surface area contributed by atoms with Gasteiger partial charge < -0.3 is 25.0 Å². The SMILES string of the molecule is CC(C)C(NC(=O)C1CCCN(C(=O)OC(C)(C)C)C1)C(=O)N1CCC(O)(c2ccc(Cl)cc2)C(C)(C)C1. The van der Waals surface area contributed by atoms with E-state index in [9.17, 15) is 19.5 Å². The second kappa shape index (κ2) is 11.4. The number of halogens is 1. The number of nitrogens with zero attached hydrogens (tertiary/aromatic N) is 2. The molecule has 2 aliphatic heterocycles. The van der Waals surface area contributed by atoms with Gasteiger partial charge in [-0.25, -0.2) is 4.79 Å². The first-order chi connectivity index (χ1) is 17.5. The van der Waals surface area contributed by atoms with Crippen LogP contribution in [-0.2, 0) is 19.9 Å². The maximum atomic E-state index is 13.7. The van der Waals surface area contributed by atoms with Crippen LogP contribution in [0.3, 0.4) is 0 Å². The molecule has 2 aliphatic rings. The van der Waals surface area contributed by atoms with Crippen molar-refractivity contribution in [2.75, 3.05) is 26.2 Å². The number of rotatable bonds is 5. The lowest BCUT2D eigenvalue weighted by Crippen LogP contribution is -2.61. The Labute approximate surface area is 232 Å². The Kier molecular flexibility index (Phi) is 9.09. The number of hydrogen-bond acceptors (Lipinski definition) is 5. The van der Waals surface area contributed by atoms with Crippen LogP contribution >= 0.6 is 11.6 Å². The summed E-state index contributed by atoms with van der Waals surface area (Å²) >= 11 is 6.05. The molecule has 8 nitrogen and oxygen atoms in total. The molecule has 2 heterocycles. The summed E-state index contributed by atoms with van der Waals surface area (Å²) in [6, 6.07) is 6.51. The molecular weight excluding hydrogens is 506 g/mol. The molecular formula is C29H44ClN3O5. The molecule has 38 heavy (non-hydrogen) atoms. The van der Waals surface area contributed by atoms with Crippen LogP contribution in [-0.4, -0.2) is 70.6 Å². The van der Waals surface area contributed by atoms with E-state index in [-0.39, 0.29) is 24.3 Å². The third kappa shape index (κ3) is 6.81. The first kappa shape index (κ1) is 30.2. The topological polar surface area (TPSA) is 99.2 Å². The van der Waals surface area contributed by atoms with Gasteiger partial charge in [0.25, 0.3) is 0 Å². The molecule has 1 aromatic rings. The van der Waals surface area contributed by atoms with Crippen molar-refractivity contribution in [3.63, 3.8) is 0 Å². The van der Waals surface area contributed by atoms with Gasteiger partial charge in [-0.05, 0) is 63.6 Å². The number of benzene rings is 1. The Morgan fingerprint density at radius 2 is 1.74 bits per heavy atom.